The first-order chi connectivity index (χ1) is 13.3. The molecule has 1 heterocycles. The zero-order valence-electron chi connectivity index (χ0n) is 16.8. The van der Waals surface area contributed by atoms with E-state index in [0.717, 1.165) is 52.2 Å². The molecule has 2 aromatic carbocycles. The maximum atomic E-state index is 11.3. The van der Waals surface area contributed by atoms with Crippen LogP contribution in [0, 0.1) is 20.8 Å². The molecular weight excluding hydrogens is 374 g/mol. The molecule has 0 amide bonds. The molecule has 0 aliphatic heterocycles. The first kappa shape index (κ1) is 20.3. The molecule has 0 unspecified atom stereocenters. The van der Waals surface area contributed by atoms with Crippen LogP contribution in [-0.2, 0) is 13.0 Å². The van der Waals surface area contributed by atoms with Gasteiger partial charge in [-0.2, -0.15) is 0 Å². The maximum Gasteiger partial charge on any atom is 0.335 e. The number of aromatic carboxylic acids is 1. The normalized spacial score (nSPS) is 11.2. The Labute approximate surface area is 170 Å². The second kappa shape index (κ2) is 8.27. The van der Waals surface area contributed by atoms with Crippen molar-refractivity contribution in [3.63, 3.8) is 0 Å². The van der Waals surface area contributed by atoms with E-state index in [0.29, 0.717) is 12.2 Å². The number of halogens is 1. The number of rotatable bonds is 7. The summed E-state index contributed by atoms with van der Waals surface area (Å²) in [5, 5.41) is 11.1. The molecule has 0 bridgehead atoms. The Bertz CT molecular complexity index is 1010. The third-order valence-electron chi connectivity index (χ3n) is 5.26. The van der Waals surface area contributed by atoms with Gasteiger partial charge in [-0.1, -0.05) is 18.5 Å². The van der Waals surface area contributed by atoms with Crippen molar-refractivity contribution in [1.29, 1.82) is 0 Å². The summed E-state index contributed by atoms with van der Waals surface area (Å²) in [5.41, 5.74) is 5.85. The van der Waals surface area contributed by atoms with Crippen LogP contribution >= 0.6 is 11.6 Å². The fraction of sp³-hybridized carbons (Fsp3) is 0.348. The van der Waals surface area contributed by atoms with E-state index < -0.39 is 5.97 Å². The summed E-state index contributed by atoms with van der Waals surface area (Å²) in [6.07, 6.45) is 1.73. The number of fused-ring (bicyclic) bond motifs is 1. The summed E-state index contributed by atoms with van der Waals surface area (Å²) < 4.78 is 8.20. The lowest BCUT2D eigenvalue weighted by Gasteiger charge is -2.12. The highest BCUT2D eigenvalue weighted by molar-refractivity contribution is 6.32. The quantitative estimate of drug-likeness (QED) is 0.499. The van der Waals surface area contributed by atoms with E-state index in [1.807, 2.05) is 32.0 Å². The first-order valence-electron chi connectivity index (χ1n) is 9.58. The lowest BCUT2D eigenvalue weighted by Crippen LogP contribution is -2.06. The van der Waals surface area contributed by atoms with Gasteiger partial charge in [0.05, 0.1) is 12.2 Å². The second-order valence-corrected chi connectivity index (χ2v) is 7.56. The smallest absolute Gasteiger partial charge is 0.335 e. The van der Waals surface area contributed by atoms with Crippen LogP contribution in [0.2, 0.25) is 5.02 Å². The van der Waals surface area contributed by atoms with Crippen LogP contribution in [0.15, 0.2) is 30.3 Å². The number of carboxylic acids is 1. The molecule has 0 fully saturated rings. The van der Waals surface area contributed by atoms with Gasteiger partial charge in [0.15, 0.2) is 0 Å². The Kier molecular flexibility index (Phi) is 5.99. The molecule has 0 atom stereocenters. The zero-order chi connectivity index (χ0) is 20.4. The fourth-order valence-corrected chi connectivity index (χ4v) is 3.93. The van der Waals surface area contributed by atoms with Crippen LogP contribution in [-0.4, -0.2) is 22.2 Å². The van der Waals surface area contributed by atoms with Crippen molar-refractivity contribution in [3.05, 3.63) is 63.3 Å². The van der Waals surface area contributed by atoms with E-state index in [1.165, 1.54) is 11.3 Å². The molecule has 0 aliphatic carbocycles. The molecule has 5 heteroatoms. The molecule has 28 heavy (non-hydrogen) atoms. The highest BCUT2D eigenvalue weighted by Gasteiger charge is 2.15. The SMILES string of the molecule is CCc1c(C)n(CCCOc2cc(C)c(Cl)c(C)c2)c2ccc(C(=O)O)cc12. The number of aryl methyl sites for hydroxylation is 4. The Balaban J connectivity index is 1.76. The summed E-state index contributed by atoms with van der Waals surface area (Å²) in [7, 11) is 0. The monoisotopic (exact) mass is 399 g/mol. The van der Waals surface area contributed by atoms with Gasteiger partial charge in [0.1, 0.15) is 5.75 Å². The second-order valence-electron chi connectivity index (χ2n) is 7.18. The molecule has 0 saturated carbocycles. The molecule has 4 nitrogen and oxygen atoms in total. The molecule has 0 aliphatic rings. The Morgan fingerprint density at radius 2 is 1.82 bits per heavy atom. The number of hydrogen-bond donors (Lipinski definition) is 1. The minimum absolute atomic E-state index is 0.330. The predicted octanol–water partition coefficient (Wildman–Crippen LogP) is 5.95. The van der Waals surface area contributed by atoms with E-state index >= 15 is 0 Å². The predicted molar refractivity (Wildman–Crippen MR) is 114 cm³/mol. The van der Waals surface area contributed by atoms with Crippen LogP contribution in [0.5, 0.6) is 5.75 Å². The third-order valence-corrected chi connectivity index (χ3v) is 5.86. The molecule has 0 saturated heterocycles. The molecule has 0 radical (unpaired) electrons. The first-order valence-corrected chi connectivity index (χ1v) is 9.95. The Morgan fingerprint density at radius 3 is 2.43 bits per heavy atom. The maximum absolute atomic E-state index is 11.3. The summed E-state index contributed by atoms with van der Waals surface area (Å²) in [4.78, 5) is 11.3. The van der Waals surface area contributed by atoms with Crippen LogP contribution in [0.1, 0.15) is 46.1 Å². The Morgan fingerprint density at radius 1 is 1.14 bits per heavy atom. The number of nitrogens with zero attached hydrogens (tertiary/aromatic N) is 1. The number of ether oxygens (including phenoxy) is 1. The zero-order valence-corrected chi connectivity index (χ0v) is 17.6. The lowest BCUT2D eigenvalue weighted by molar-refractivity contribution is 0.0697. The van der Waals surface area contributed by atoms with Crippen LogP contribution in [0.3, 0.4) is 0 Å². The lowest BCUT2D eigenvalue weighted by atomic mass is 10.1. The molecule has 1 N–H and O–H groups in total. The highest BCUT2D eigenvalue weighted by Crippen LogP contribution is 2.28. The van der Waals surface area contributed by atoms with Crippen molar-refractivity contribution < 1.29 is 14.6 Å². The van der Waals surface area contributed by atoms with Gasteiger partial charge in [-0.15, -0.1) is 0 Å². The molecule has 1 aromatic heterocycles. The standard InChI is InChI=1S/C23H26ClNO3/c1-5-19-16(4)25(21-8-7-17(23(26)27)13-20(19)21)9-6-10-28-18-11-14(2)22(24)15(3)12-18/h7-8,11-13H,5-6,9-10H2,1-4H3,(H,26,27). The number of hydrogen-bond acceptors (Lipinski definition) is 2. The van der Waals surface area contributed by atoms with Crippen molar-refractivity contribution in [2.75, 3.05) is 6.61 Å². The van der Waals surface area contributed by atoms with Gasteiger partial charge in [-0.25, -0.2) is 4.79 Å². The van der Waals surface area contributed by atoms with E-state index in [4.69, 9.17) is 16.3 Å². The highest BCUT2D eigenvalue weighted by atomic mass is 35.5. The molecule has 0 spiro atoms. The van der Waals surface area contributed by atoms with Gasteiger partial charge < -0.3 is 14.4 Å². The van der Waals surface area contributed by atoms with Gasteiger partial charge in [0.2, 0.25) is 0 Å². The molecule has 3 rings (SSSR count). The third kappa shape index (κ3) is 3.88. The number of aromatic nitrogens is 1. The van der Waals surface area contributed by atoms with Gasteiger partial charge in [0, 0.05) is 28.2 Å². The van der Waals surface area contributed by atoms with Gasteiger partial charge in [-0.3, -0.25) is 0 Å². The van der Waals surface area contributed by atoms with E-state index in [2.05, 4.69) is 18.4 Å². The van der Waals surface area contributed by atoms with Crippen LogP contribution < -0.4 is 4.74 Å². The largest absolute Gasteiger partial charge is 0.494 e. The topological polar surface area (TPSA) is 51.5 Å². The summed E-state index contributed by atoms with van der Waals surface area (Å²) >= 11 is 6.21. The van der Waals surface area contributed by atoms with Gasteiger partial charge >= 0.3 is 5.97 Å². The van der Waals surface area contributed by atoms with Crippen molar-refractivity contribution >= 4 is 28.5 Å². The Hall–Kier alpha value is -2.46. The molecular formula is C23H26ClNO3. The summed E-state index contributed by atoms with van der Waals surface area (Å²) in [6.45, 7) is 9.60. The van der Waals surface area contributed by atoms with Crippen molar-refractivity contribution in [2.45, 2.75) is 47.1 Å². The van der Waals surface area contributed by atoms with E-state index in [9.17, 15) is 9.90 Å². The summed E-state index contributed by atoms with van der Waals surface area (Å²) in [5.74, 6) is -0.0508. The minimum Gasteiger partial charge on any atom is -0.494 e. The van der Waals surface area contributed by atoms with E-state index in [1.54, 1.807) is 12.1 Å². The average molecular weight is 400 g/mol. The van der Waals surface area contributed by atoms with Crippen molar-refractivity contribution in [1.82, 2.24) is 4.57 Å². The molecule has 3 aromatic rings. The minimum atomic E-state index is -0.892. The fourth-order valence-electron chi connectivity index (χ4n) is 3.82. The van der Waals surface area contributed by atoms with Crippen molar-refractivity contribution in [2.24, 2.45) is 0 Å². The van der Waals surface area contributed by atoms with Crippen molar-refractivity contribution in [3.8, 4) is 5.75 Å². The number of carboxylic acid groups (broad SMARTS) is 1. The molecule has 148 valence electrons. The van der Waals surface area contributed by atoms with E-state index in [-0.39, 0.29) is 0 Å². The van der Waals surface area contributed by atoms with Crippen LogP contribution in [0.4, 0.5) is 0 Å². The van der Waals surface area contributed by atoms with Crippen LogP contribution in [0.25, 0.3) is 10.9 Å². The number of benzene rings is 2. The van der Waals surface area contributed by atoms with Gasteiger partial charge in [-0.05, 0) is 80.6 Å². The number of carbonyl (C=O) groups is 1. The average Bonchev–Trinajstić information content (AvgIpc) is 2.93. The van der Waals surface area contributed by atoms with Gasteiger partial charge in [0.25, 0.3) is 0 Å². The summed E-state index contributed by atoms with van der Waals surface area (Å²) in [6, 6.07) is 9.31.